The highest BCUT2D eigenvalue weighted by Crippen LogP contribution is 2.43. The molecule has 9 rings (SSSR count). The van der Waals surface area contributed by atoms with Crippen LogP contribution < -0.4 is 4.90 Å². The lowest BCUT2D eigenvalue weighted by molar-refractivity contribution is 0.669. The fraction of sp³-hybridized carbons (Fsp3) is 0. The van der Waals surface area contributed by atoms with Crippen LogP contribution >= 0.6 is 0 Å². The SMILES string of the molecule is c1ccc(-c2ccc(-c3ccccc3N(c3cccc(-c4ccc5ccccc5c4)c3)c3ccc4c(c3)oc3ccccc34)cc2)cc1. The Morgan fingerprint density at radius 2 is 0.958 bits per heavy atom. The molecule has 0 aliphatic heterocycles. The Bertz CT molecular complexity index is 2560. The fourth-order valence-electron chi connectivity index (χ4n) is 6.86. The second-order valence-corrected chi connectivity index (χ2v) is 12.2. The second-order valence-electron chi connectivity index (χ2n) is 12.2. The first-order valence-electron chi connectivity index (χ1n) is 16.3. The molecule has 0 unspecified atom stereocenters. The van der Waals surface area contributed by atoms with E-state index in [0.29, 0.717) is 0 Å². The molecular weight excluding hydrogens is 583 g/mol. The molecule has 8 aromatic carbocycles. The molecule has 1 heterocycles. The van der Waals surface area contributed by atoms with Crippen molar-refractivity contribution in [3.05, 3.63) is 188 Å². The lowest BCUT2D eigenvalue weighted by Gasteiger charge is -2.28. The average Bonchev–Trinajstić information content (AvgIpc) is 3.54. The van der Waals surface area contributed by atoms with Crippen LogP contribution in [0.1, 0.15) is 0 Å². The van der Waals surface area contributed by atoms with Gasteiger partial charge in [-0.1, -0.05) is 140 Å². The molecule has 2 heteroatoms. The molecule has 0 atom stereocenters. The Balaban J connectivity index is 1.21. The number of para-hydroxylation sites is 2. The zero-order valence-corrected chi connectivity index (χ0v) is 26.3. The third kappa shape index (κ3) is 5.01. The van der Waals surface area contributed by atoms with E-state index in [-0.39, 0.29) is 0 Å². The van der Waals surface area contributed by atoms with E-state index in [9.17, 15) is 0 Å². The summed E-state index contributed by atoms with van der Waals surface area (Å²) >= 11 is 0. The van der Waals surface area contributed by atoms with Gasteiger partial charge in [0, 0.05) is 33.8 Å². The third-order valence-electron chi connectivity index (χ3n) is 9.26. The van der Waals surface area contributed by atoms with E-state index in [1.165, 1.54) is 27.5 Å². The number of hydrogen-bond acceptors (Lipinski definition) is 2. The quantitative estimate of drug-likeness (QED) is 0.185. The van der Waals surface area contributed by atoms with Gasteiger partial charge < -0.3 is 9.32 Å². The summed E-state index contributed by atoms with van der Waals surface area (Å²) in [5, 5.41) is 4.72. The van der Waals surface area contributed by atoms with Gasteiger partial charge in [-0.25, -0.2) is 0 Å². The van der Waals surface area contributed by atoms with Crippen molar-refractivity contribution < 1.29 is 4.42 Å². The molecule has 1 aromatic heterocycles. The molecule has 9 aromatic rings. The molecule has 0 amide bonds. The van der Waals surface area contributed by atoms with Crippen LogP contribution in [0.4, 0.5) is 17.1 Å². The molecule has 226 valence electrons. The van der Waals surface area contributed by atoms with Gasteiger partial charge >= 0.3 is 0 Å². The first-order valence-corrected chi connectivity index (χ1v) is 16.3. The Hall–Kier alpha value is -6.38. The Morgan fingerprint density at radius 3 is 1.85 bits per heavy atom. The van der Waals surface area contributed by atoms with Crippen LogP contribution in [0.5, 0.6) is 0 Å². The van der Waals surface area contributed by atoms with Crippen molar-refractivity contribution in [3.8, 4) is 33.4 Å². The summed E-state index contributed by atoms with van der Waals surface area (Å²) in [6.07, 6.45) is 0. The van der Waals surface area contributed by atoms with Crippen molar-refractivity contribution in [2.24, 2.45) is 0 Å². The van der Waals surface area contributed by atoms with Crippen LogP contribution in [0.25, 0.3) is 66.1 Å². The summed E-state index contributed by atoms with van der Waals surface area (Å²) in [4.78, 5) is 2.36. The maximum absolute atomic E-state index is 6.39. The molecule has 2 nitrogen and oxygen atoms in total. The van der Waals surface area contributed by atoms with Gasteiger partial charge in [-0.2, -0.15) is 0 Å². The van der Waals surface area contributed by atoms with Gasteiger partial charge in [0.2, 0.25) is 0 Å². The van der Waals surface area contributed by atoms with Gasteiger partial charge in [-0.3, -0.25) is 0 Å². The van der Waals surface area contributed by atoms with Gasteiger partial charge in [0.1, 0.15) is 11.2 Å². The lowest BCUT2D eigenvalue weighted by atomic mass is 9.97. The van der Waals surface area contributed by atoms with Crippen LogP contribution in [0, 0.1) is 0 Å². The summed E-state index contributed by atoms with van der Waals surface area (Å²) in [6.45, 7) is 0. The van der Waals surface area contributed by atoms with Crippen LogP contribution in [-0.4, -0.2) is 0 Å². The molecule has 0 aliphatic rings. The number of rotatable bonds is 6. The van der Waals surface area contributed by atoms with E-state index >= 15 is 0 Å². The summed E-state index contributed by atoms with van der Waals surface area (Å²) in [5.41, 5.74) is 12.0. The molecule has 0 radical (unpaired) electrons. The minimum atomic E-state index is 0.870. The Morgan fingerprint density at radius 1 is 0.333 bits per heavy atom. The van der Waals surface area contributed by atoms with E-state index in [1.807, 2.05) is 12.1 Å². The van der Waals surface area contributed by atoms with Gasteiger partial charge in [0.25, 0.3) is 0 Å². The highest BCUT2D eigenvalue weighted by Gasteiger charge is 2.19. The third-order valence-corrected chi connectivity index (χ3v) is 9.26. The number of hydrogen-bond donors (Lipinski definition) is 0. The molecular formula is C46H31NO. The number of fused-ring (bicyclic) bond motifs is 4. The maximum Gasteiger partial charge on any atom is 0.137 e. The average molecular weight is 614 g/mol. The molecule has 0 fully saturated rings. The van der Waals surface area contributed by atoms with Gasteiger partial charge in [-0.15, -0.1) is 0 Å². The minimum Gasteiger partial charge on any atom is -0.456 e. The maximum atomic E-state index is 6.39. The number of furan rings is 1. The van der Waals surface area contributed by atoms with Crippen molar-refractivity contribution in [2.45, 2.75) is 0 Å². The van der Waals surface area contributed by atoms with Crippen LogP contribution in [0.3, 0.4) is 0 Å². The Labute approximate surface area is 279 Å². The summed E-state index contributed by atoms with van der Waals surface area (Å²) in [6, 6.07) is 67.0. The summed E-state index contributed by atoms with van der Waals surface area (Å²) in [7, 11) is 0. The Kier molecular flexibility index (Phi) is 6.84. The highest BCUT2D eigenvalue weighted by atomic mass is 16.3. The highest BCUT2D eigenvalue weighted by molar-refractivity contribution is 6.06. The molecule has 0 N–H and O–H groups in total. The zero-order chi connectivity index (χ0) is 31.9. The molecule has 48 heavy (non-hydrogen) atoms. The summed E-state index contributed by atoms with van der Waals surface area (Å²) in [5.74, 6) is 0. The second kappa shape index (κ2) is 11.8. The molecule has 0 saturated heterocycles. The van der Waals surface area contributed by atoms with Crippen molar-refractivity contribution in [3.63, 3.8) is 0 Å². The van der Waals surface area contributed by atoms with Gasteiger partial charge in [0.15, 0.2) is 0 Å². The first kappa shape index (κ1) is 27.9. The largest absolute Gasteiger partial charge is 0.456 e. The molecule has 0 bridgehead atoms. The molecule has 0 aliphatic carbocycles. The summed E-state index contributed by atoms with van der Waals surface area (Å²) < 4.78 is 6.39. The van der Waals surface area contributed by atoms with E-state index < -0.39 is 0 Å². The minimum absolute atomic E-state index is 0.870. The van der Waals surface area contributed by atoms with E-state index in [2.05, 4.69) is 181 Å². The topological polar surface area (TPSA) is 16.4 Å². The van der Waals surface area contributed by atoms with Crippen LogP contribution in [-0.2, 0) is 0 Å². The van der Waals surface area contributed by atoms with Gasteiger partial charge in [0.05, 0.1) is 5.69 Å². The number of benzene rings is 8. The standard InChI is InChI=1S/C46H31NO/c1-2-11-32(12-3-1)34-21-24-35(25-22-34)41-17-6-8-19-44(41)47(40-27-28-43-42-18-7-9-20-45(42)48-46(43)31-40)39-16-10-15-37(30-39)38-26-23-33-13-4-5-14-36(33)29-38/h1-31H. The normalized spacial score (nSPS) is 11.3. The van der Waals surface area contributed by atoms with Crippen LogP contribution in [0.2, 0.25) is 0 Å². The molecule has 0 spiro atoms. The van der Waals surface area contributed by atoms with E-state index in [4.69, 9.17) is 4.42 Å². The lowest BCUT2D eigenvalue weighted by Crippen LogP contribution is -2.11. The fourth-order valence-corrected chi connectivity index (χ4v) is 6.86. The van der Waals surface area contributed by atoms with Crippen LogP contribution in [0.15, 0.2) is 192 Å². The zero-order valence-electron chi connectivity index (χ0n) is 26.3. The molecule has 0 saturated carbocycles. The van der Waals surface area contributed by atoms with E-state index in [1.54, 1.807) is 0 Å². The monoisotopic (exact) mass is 613 g/mol. The predicted octanol–water partition coefficient (Wildman–Crippen LogP) is 13.2. The first-order chi connectivity index (χ1) is 23.8. The smallest absolute Gasteiger partial charge is 0.137 e. The van der Waals surface area contributed by atoms with Crippen molar-refractivity contribution >= 4 is 49.8 Å². The van der Waals surface area contributed by atoms with E-state index in [0.717, 1.165) is 55.7 Å². The number of anilines is 3. The van der Waals surface area contributed by atoms with Crippen molar-refractivity contribution in [1.29, 1.82) is 0 Å². The predicted molar refractivity (Wildman–Crippen MR) is 202 cm³/mol. The van der Waals surface area contributed by atoms with Gasteiger partial charge in [-0.05, 0) is 81.1 Å². The number of nitrogens with zero attached hydrogens (tertiary/aromatic N) is 1. The van der Waals surface area contributed by atoms with Crippen molar-refractivity contribution in [1.82, 2.24) is 0 Å². The van der Waals surface area contributed by atoms with Crippen molar-refractivity contribution in [2.75, 3.05) is 4.90 Å².